The third-order valence-electron chi connectivity index (χ3n) is 3.07. The molecule has 25 heavy (non-hydrogen) atoms. The van der Waals surface area contributed by atoms with E-state index in [1.54, 1.807) is 43.3 Å². The quantitative estimate of drug-likeness (QED) is 0.456. The van der Waals surface area contributed by atoms with Crippen LogP contribution >= 0.6 is 0 Å². The first kappa shape index (κ1) is 18.0. The molecule has 2 rings (SSSR count). The van der Waals surface area contributed by atoms with Crippen LogP contribution in [0.4, 0.5) is 0 Å². The topological polar surface area (TPSA) is 97.2 Å². The Hall–Kier alpha value is -3.35. The maximum atomic E-state index is 11.9. The predicted molar refractivity (Wildman–Crippen MR) is 91.7 cm³/mol. The Morgan fingerprint density at radius 3 is 2.56 bits per heavy atom. The SMILES string of the molecule is CCOC(=O)COc1ccc(/C=N\NC(=O)c2ccccc2O)cc1. The predicted octanol–water partition coefficient (Wildman–Crippen LogP) is 2.10. The number of ether oxygens (including phenoxy) is 2. The van der Waals surface area contributed by atoms with Gasteiger partial charge in [0.05, 0.1) is 18.4 Å². The van der Waals surface area contributed by atoms with Crippen LogP contribution in [0.3, 0.4) is 0 Å². The maximum Gasteiger partial charge on any atom is 0.344 e. The summed E-state index contributed by atoms with van der Waals surface area (Å²) in [6.07, 6.45) is 1.45. The first-order valence-electron chi connectivity index (χ1n) is 7.60. The van der Waals surface area contributed by atoms with Crippen LogP contribution in [-0.4, -0.2) is 36.4 Å². The minimum atomic E-state index is -0.510. The van der Waals surface area contributed by atoms with Gasteiger partial charge in [-0.25, -0.2) is 10.2 Å². The molecule has 2 N–H and O–H groups in total. The lowest BCUT2D eigenvalue weighted by atomic mass is 10.2. The number of hydrazone groups is 1. The lowest BCUT2D eigenvalue weighted by molar-refractivity contribution is -0.145. The number of esters is 1. The van der Waals surface area contributed by atoms with Crippen molar-refractivity contribution in [3.8, 4) is 11.5 Å². The van der Waals surface area contributed by atoms with Crippen LogP contribution < -0.4 is 10.2 Å². The molecule has 7 heteroatoms. The number of phenolic OH excluding ortho intramolecular Hbond substituents is 1. The number of benzene rings is 2. The average Bonchev–Trinajstić information content (AvgIpc) is 2.61. The molecule has 0 bridgehead atoms. The van der Waals surface area contributed by atoms with Crippen molar-refractivity contribution >= 4 is 18.1 Å². The highest BCUT2D eigenvalue weighted by molar-refractivity contribution is 5.97. The van der Waals surface area contributed by atoms with Crippen LogP contribution in [0.15, 0.2) is 53.6 Å². The average molecular weight is 342 g/mol. The van der Waals surface area contributed by atoms with E-state index in [1.807, 2.05) is 0 Å². The van der Waals surface area contributed by atoms with Crippen LogP contribution in [0.1, 0.15) is 22.8 Å². The number of rotatable bonds is 7. The Morgan fingerprint density at radius 1 is 1.16 bits per heavy atom. The zero-order valence-corrected chi connectivity index (χ0v) is 13.6. The molecule has 0 aliphatic heterocycles. The summed E-state index contributed by atoms with van der Waals surface area (Å²) < 4.78 is 10.0. The largest absolute Gasteiger partial charge is 0.507 e. The summed E-state index contributed by atoms with van der Waals surface area (Å²) in [5.41, 5.74) is 3.20. The Labute approximate surface area is 144 Å². The number of hydrogen-bond acceptors (Lipinski definition) is 6. The lowest BCUT2D eigenvalue weighted by Gasteiger charge is -2.05. The molecule has 2 aromatic rings. The summed E-state index contributed by atoms with van der Waals surface area (Å²) in [6.45, 7) is 1.88. The third kappa shape index (κ3) is 5.65. The molecule has 0 spiro atoms. The van der Waals surface area contributed by atoms with E-state index in [1.165, 1.54) is 18.3 Å². The molecular formula is C18H18N2O5. The van der Waals surface area contributed by atoms with Crippen LogP contribution in [-0.2, 0) is 9.53 Å². The number of nitrogens with zero attached hydrogens (tertiary/aromatic N) is 1. The van der Waals surface area contributed by atoms with Crippen molar-refractivity contribution in [1.82, 2.24) is 5.43 Å². The van der Waals surface area contributed by atoms with E-state index in [-0.39, 0.29) is 17.9 Å². The third-order valence-corrected chi connectivity index (χ3v) is 3.07. The van der Waals surface area contributed by atoms with E-state index in [0.717, 1.165) is 5.56 Å². The zero-order chi connectivity index (χ0) is 18.1. The second-order valence-corrected chi connectivity index (χ2v) is 4.88. The van der Waals surface area contributed by atoms with Crippen molar-refractivity contribution in [1.29, 1.82) is 0 Å². The summed E-state index contributed by atoms with van der Waals surface area (Å²) >= 11 is 0. The zero-order valence-electron chi connectivity index (χ0n) is 13.6. The first-order chi connectivity index (χ1) is 12.1. The van der Waals surface area contributed by atoms with Gasteiger partial charge in [0.15, 0.2) is 6.61 Å². The Morgan fingerprint density at radius 2 is 1.88 bits per heavy atom. The Kier molecular flexibility index (Phi) is 6.53. The number of carbonyl (C=O) groups is 2. The van der Waals surface area contributed by atoms with Gasteiger partial charge in [-0.1, -0.05) is 12.1 Å². The molecule has 0 aromatic heterocycles. The monoisotopic (exact) mass is 342 g/mol. The number of para-hydroxylation sites is 1. The summed E-state index contributed by atoms with van der Waals surface area (Å²) in [6, 6.07) is 13.0. The van der Waals surface area contributed by atoms with E-state index < -0.39 is 11.9 Å². The van der Waals surface area contributed by atoms with Gasteiger partial charge in [-0.15, -0.1) is 0 Å². The van der Waals surface area contributed by atoms with Gasteiger partial charge in [0.25, 0.3) is 5.91 Å². The van der Waals surface area contributed by atoms with Crippen molar-refractivity contribution < 1.29 is 24.2 Å². The fourth-order valence-electron chi connectivity index (χ4n) is 1.89. The molecule has 130 valence electrons. The molecule has 0 saturated carbocycles. The van der Waals surface area contributed by atoms with Crippen molar-refractivity contribution in [2.24, 2.45) is 5.10 Å². The molecule has 0 fully saturated rings. The molecule has 0 atom stereocenters. The lowest BCUT2D eigenvalue weighted by Crippen LogP contribution is -2.17. The number of phenols is 1. The Balaban J connectivity index is 1.86. The smallest absolute Gasteiger partial charge is 0.344 e. The second-order valence-electron chi connectivity index (χ2n) is 4.88. The van der Waals surface area contributed by atoms with Crippen molar-refractivity contribution in [2.45, 2.75) is 6.92 Å². The van der Waals surface area contributed by atoms with Crippen LogP contribution in [0.2, 0.25) is 0 Å². The highest BCUT2D eigenvalue weighted by Crippen LogP contribution is 2.15. The number of nitrogens with one attached hydrogen (secondary N) is 1. The summed E-state index contributed by atoms with van der Waals surface area (Å²) in [4.78, 5) is 23.1. The molecule has 0 heterocycles. The van der Waals surface area contributed by atoms with Gasteiger partial charge >= 0.3 is 5.97 Å². The molecule has 0 radical (unpaired) electrons. The molecule has 0 aliphatic carbocycles. The minimum Gasteiger partial charge on any atom is -0.507 e. The van der Waals surface area contributed by atoms with Gasteiger partial charge < -0.3 is 14.6 Å². The van der Waals surface area contributed by atoms with Crippen LogP contribution in [0, 0.1) is 0 Å². The van der Waals surface area contributed by atoms with Crippen LogP contribution in [0.25, 0.3) is 0 Å². The molecule has 1 amide bonds. The van der Waals surface area contributed by atoms with Crippen molar-refractivity contribution in [3.05, 3.63) is 59.7 Å². The van der Waals surface area contributed by atoms with Gasteiger partial charge in [-0.05, 0) is 48.9 Å². The highest BCUT2D eigenvalue weighted by Gasteiger charge is 2.08. The van der Waals surface area contributed by atoms with Crippen molar-refractivity contribution in [2.75, 3.05) is 13.2 Å². The van der Waals surface area contributed by atoms with E-state index in [9.17, 15) is 14.7 Å². The molecule has 2 aromatic carbocycles. The highest BCUT2D eigenvalue weighted by atomic mass is 16.6. The standard InChI is InChI=1S/C18H18N2O5/c1-2-24-17(22)12-25-14-9-7-13(8-10-14)11-19-20-18(23)15-5-3-4-6-16(15)21/h3-11,21H,2,12H2,1H3,(H,20,23)/b19-11-. The number of amides is 1. The molecule has 0 unspecified atom stereocenters. The van der Waals surface area contributed by atoms with E-state index in [2.05, 4.69) is 10.5 Å². The first-order valence-corrected chi connectivity index (χ1v) is 7.60. The van der Waals surface area contributed by atoms with E-state index >= 15 is 0 Å². The van der Waals surface area contributed by atoms with E-state index in [4.69, 9.17) is 9.47 Å². The number of aromatic hydroxyl groups is 1. The summed E-state index contributed by atoms with van der Waals surface area (Å²) in [7, 11) is 0. The second kappa shape index (κ2) is 9.07. The maximum absolute atomic E-state index is 11.9. The number of hydrogen-bond donors (Lipinski definition) is 2. The summed E-state index contributed by atoms with van der Waals surface area (Å²) in [5.74, 6) is -0.537. The normalized spacial score (nSPS) is 10.4. The van der Waals surface area contributed by atoms with Gasteiger partial charge in [-0.3, -0.25) is 4.79 Å². The van der Waals surface area contributed by atoms with Gasteiger partial charge in [0.1, 0.15) is 11.5 Å². The fourth-order valence-corrected chi connectivity index (χ4v) is 1.89. The number of carbonyl (C=O) groups excluding carboxylic acids is 2. The Bertz CT molecular complexity index is 756. The fraction of sp³-hybridized carbons (Fsp3) is 0.167. The molecule has 7 nitrogen and oxygen atoms in total. The molecule has 0 saturated heterocycles. The molecular weight excluding hydrogens is 324 g/mol. The molecule has 0 aliphatic rings. The van der Waals surface area contributed by atoms with Crippen molar-refractivity contribution in [3.63, 3.8) is 0 Å². The van der Waals surface area contributed by atoms with E-state index in [0.29, 0.717) is 12.4 Å². The minimum absolute atomic E-state index is 0.113. The van der Waals surface area contributed by atoms with Crippen LogP contribution in [0.5, 0.6) is 11.5 Å². The summed E-state index contributed by atoms with van der Waals surface area (Å²) in [5, 5.41) is 13.4. The van der Waals surface area contributed by atoms with Gasteiger partial charge in [0, 0.05) is 0 Å². The van der Waals surface area contributed by atoms with Gasteiger partial charge in [-0.2, -0.15) is 5.10 Å². The van der Waals surface area contributed by atoms with Gasteiger partial charge in [0.2, 0.25) is 0 Å².